The van der Waals surface area contributed by atoms with Crippen LogP contribution in [0.4, 0.5) is 9.80 Å². The van der Waals surface area contributed by atoms with E-state index in [0.29, 0.717) is 29.8 Å². The molecule has 1 spiro atoms. The Morgan fingerprint density at radius 1 is 1.12 bits per heavy atom. The average Bonchev–Trinajstić information content (AvgIpc) is 3.14. The third-order valence-electron chi connectivity index (χ3n) is 7.04. The number of nitrogens with one attached hydrogen (secondary N) is 2. The second-order valence-electron chi connectivity index (χ2n) is 9.16. The lowest BCUT2D eigenvalue weighted by Crippen LogP contribution is -2.51. The Morgan fingerprint density at radius 2 is 1.88 bits per heavy atom. The average molecular weight is 482 g/mol. The maximum atomic E-state index is 13.3. The van der Waals surface area contributed by atoms with Gasteiger partial charge >= 0.3 is 12.0 Å². The van der Waals surface area contributed by atoms with Crippen LogP contribution in [0.3, 0.4) is 0 Å². The van der Waals surface area contributed by atoms with Gasteiger partial charge in [-0.05, 0) is 55.2 Å². The number of imide groups is 1. The molecule has 2 aromatic rings. The van der Waals surface area contributed by atoms with E-state index in [1.54, 1.807) is 0 Å². The summed E-state index contributed by atoms with van der Waals surface area (Å²) in [6.07, 6.45) is 6.34. The predicted molar refractivity (Wildman–Crippen MR) is 127 cm³/mol. The van der Waals surface area contributed by atoms with Gasteiger partial charge in [-0.3, -0.25) is 14.5 Å². The molecule has 1 aromatic carbocycles. The third-order valence-corrected chi connectivity index (χ3v) is 8.25. The number of aryl methyl sites for hydroxylation is 2. The van der Waals surface area contributed by atoms with Crippen molar-refractivity contribution in [3.63, 3.8) is 0 Å². The maximum absolute atomic E-state index is 13.3. The zero-order valence-corrected chi connectivity index (χ0v) is 19.9. The molecular formula is C25H27N3O5S. The number of hydrogen-bond acceptors (Lipinski definition) is 6. The highest BCUT2D eigenvalue weighted by Crippen LogP contribution is 2.38. The van der Waals surface area contributed by atoms with E-state index in [1.807, 2.05) is 24.3 Å². The topological polar surface area (TPSA) is 105 Å². The number of carbonyl (C=O) groups is 4. The second kappa shape index (κ2) is 8.87. The van der Waals surface area contributed by atoms with Crippen molar-refractivity contribution in [2.75, 3.05) is 19.0 Å². The molecule has 1 saturated heterocycles. The zero-order chi connectivity index (χ0) is 23.9. The molecule has 8 nitrogen and oxygen atoms in total. The lowest BCUT2D eigenvalue weighted by molar-refractivity contribution is -0.134. The first kappa shape index (κ1) is 22.6. The fourth-order valence-corrected chi connectivity index (χ4v) is 6.60. The normalized spacial score (nSPS) is 21.5. The Kier molecular flexibility index (Phi) is 5.89. The number of esters is 1. The van der Waals surface area contributed by atoms with E-state index < -0.39 is 30.0 Å². The molecule has 2 N–H and O–H groups in total. The van der Waals surface area contributed by atoms with Gasteiger partial charge in [-0.15, -0.1) is 11.3 Å². The zero-order valence-electron chi connectivity index (χ0n) is 19.1. The molecule has 3 aliphatic rings. The van der Waals surface area contributed by atoms with Gasteiger partial charge < -0.3 is 15.4 Å². The van der Waals surface area contributed by atoms with Crippen LogP contribution >= 0.6 is 11.3 Å². The van der Waals surface area contributed by atoms with Crippen LogP contribution in [0.15, 0.2) is 24.3 Å². The van der Waals surface area contributed by atoms with Gasteiger partial charge in [-0.25, -0.2) is 9.59 Å². The quantitative estimate of drug-likeness (QED) is 0.396. The Balaban J connectivity index is 1.33. The van der Waals surface area contributed by atoms with Crippen molar-refractivity contribution >= 4 is 40.2 Å². The van der Waals surface area contributed by atoms with E-state index in [4.69, 9.17) is 4.74 Å². The summed E-state index contributed by atoms with van der Waals surface area (Å²) in [6, 6.07) is 7.34. The molecule has 2 aliphatic carbocycles. The molecule has 178 valence electrons. The number of urea groups is 1. The Labute approximate surface area is 201 Å². The van der Waals surface area contributed by atoms with Crippen LogP contribution in [0.25, 0.3) is 0 Å². The largest absolute Gasteiger partial charge is 0.465 e. The van der Waals surface area contributed by atoms with E-state index in [2.05, 4.69) is 10.6 Å². The molecule has 1 aliphatic heterocycles. The Hall–Kier alpha value is -3.20. The van der Waals surface area contributed by atoms with E-state index in [0.717, 1.165) is 53.0 Å². The van der Waals surface area contributed by atoms with Gasteiger partial charge in [-0.2, -0.15) is 0 Å². The van der Waals surface area contributed by atoms with Gasteiger partial charge in [-0.1, -0.05) is 30.7 Å². The summed E-state index contributed by atoms with van der Waals surface area (Å²) in [6.45, 7) is -0.406. The summed E-state index contributed by atoms with van der Waals surface area (Å²) in [7, 11) is 1.32. The second-order valence-corrected chi connectivity index (χ2v) is 10.3. The van der Waals surface area contributed by atoms with E-state index >= 15 is 0 Å². The van der Waals surface area contributed by atoms with Crippen molar-refractivity contribution in [1.82, 2.24) is 10.2 Å². The molecule has 2 heterocycles. The fraction of sp³-hybridized carbons (Fsp3) is 0.440. The van der Waals surface area contributed by atoms with Crippen LogP contribution in [-0.2, 0) is 40.0 Å². The molecule has 0 saturated carbocycles. The van der Waals surface area contributed by atoms with Crippen LogP contribution in [0, 0.1) is 0 Å². The van der Waals surface area contributed by atoms with Crippen LogP contribution in [0.2, 0.25) is 0 Å². The number of nitrogens with zero attached hydrogens (tertiary/aromatic N) is 1. The fourth-order valence-electron chi connectivity index (χ4n) is 5.30. The lowest BCUT2D eigenvalue weighted by Gasteiger charge is -2.32. The van der Waals surface area contributed by atoms with Crippen LogP contribution in [0.1, 0.15) is 57.6 Å². The number of fused-ring (bicyclic) bond motifs is 2. The van der Waals surface area contributed by atoms with Crippen molar-refractivity contribution in [3.05, 3.63) is 51.4 Å². The van der Waals surface area contributed by atoms with Crippen molar-refractivity contribution in [1.29, 1.82) is 0 Å². The van der Waals surface area contributed by atoms with E-state index in [9.17, 15) is 19.2 Å². The molecule has 4 amide bonds. The highest BCUT2D eigenvalue weighted by molar-refractivity contribution is 7.17. The van der Waals surface area contributed by atoms with Crippen molar-refractivity contribution < 1.29 is 23.9 Å². The molecule has 34 heavy (non-hydrogen) atoms. The lowest BCUT2D eigenvalue weighted by atomic mass is 9.78. The number of rotatable bonds is 4. The van der Waals surface area contributed by atoms with Gasteiger partial charge in [0.1, 0.15) is 17.1 Å². The summed E-state index contributed by atoms with van der Waals surface area (Å²) in [4.78, 5) is 53.6. The molecular weight excluding hydrogens is 454 g/mol. The first-order chi connectivity index (χ1) is 16.4. The number of benzene rings is 1. The van der Waals surface area contributed by atoms with Gasteiger partial charge in [0.2, 0.25) is 5.91 Å². The Bertz CT molecular complexity index is 1190. The molecule has 0 bridgehead atoms. The molecule has 5 rings (SSSR count). The molecule has 1 atom stereocenters. The SMILES string of the molecule is COC(=O)c1c(NC(=O)CN2C(=O)N[C@]3(CCc4ccccc4C3)C2=O)sc2c1CCCCC2. The summed E-state index contributed by atoms with van der Waals surface area (Å²) in [5.74, 6) is -1.37. The number of ether oxygens (including phenoxy) is 1. The highest BCUT2D eigenvalue weighted by Gasteiger charge is 2.52. The molecule has 0 unspecified atom stereocenters. The van der Waals surface area contributed by atoms with Gasteiger partial charge in [0.25, 0.3) is 5.91 Å². The minimum absolute atomic E-state index is 0.377. The predicted octanol–water partition coefficient (Wildman–Crippen LogP) is 3.22. The van der Waals surface area contributed by atoms with E-state index in [-0.39, 0.29) is 5.91 Å². The number of carbonyl (C=O) groups excluding carboxylic acids is 4. The maximum Gasteiger partial charge on any atom is 0.341 e. The van der Waals surface area contributed by atoms with Crippen molar-refractivity contribution in [3.8, 4) is 0 Å². The minimum atomic E-state index is -1.01. The number of hydrogen-bond donors (Lipinski definition) is 2. The number of anilines is 1. The molecule has 9 heteroatoms. The highest BCUT2D eigenvalue weighted by atomic mass is 32.1. The van der Waals surface area contributed by atoms with Gasteiger partial charge in [0, 0.05) is 11.3 Å². The number of thiophene rings is 1. The standard InChI is InChI=1S/C25H27N3O5S/c1-33-22(30)20-17-9-3-2-4-10-18(17)34-21(20)26-19(29)14-28-23(31)25(27-24(28)32)12-11-15-7-5-6-8-16(15)13-25/h5-8H,2-4,9-14H2,1H3,(H,26,29)(H,27,32)/t25-/m0/s1. The summed E-state index contributed by atoms with van der Waals surface area (Å²) in [5.41, 5.74) is 2.55. The third kappa shape index (κ3) is 3.87. The van der Waals surface area contributed by atoms with E-state index in [1.165, 1.54) is 24.0 Å². The van der Waals surface area contributed by atoms with Gasteiger partial charge in [0.15, 0.2) is 0 Å². The van der Waals surface area contributed by atoms with Crippen molar-refractivity contribution in [2.24, 2.45) is 0 Å². The monoisotopic (exact) mass is 481 g/mol. The molecule has 1 aromatic heterocycles. The minimum Gasteiger partial charge on any atom is -0.465 e. The van der Waals surface area contributed by atoms with Crippen LogP contribution in [0.5, 0.6) is 0 Å². The summed E-state index contributed by atoms with van der Waals surface area (Å²) in [5, 5.41) is 6.06. The summed E-state index contributed by atoms with van der Waals surface area (Å²) >= 11 is 1.38. The summed E-state index contributed by atoms with van der Waals surface area (Å²) < 4.78 is 4.98. The smallest absolute Gasteiger partial charge is 0.341 e. The molecule has 0 radical (unpaired) electrons. The number of methoxy groups -OCH3 is 1. The van der Waals surface area contributed by atoms with Crippen molar-refractivity contribution in [2.45, 2.75) is 56.9 Å². The first-order valence-electron chi connectivity index (χ1n) is 11.7. The Morgan fingerprint density at radius 3 is 2.68 bits per heavy atom. The molecule has 1 fully saturated rings. The van der Waals surface area contributed by atoms with Gasteiger partial charge in [0.05, 0.1) is 12.7 Å². The number of amides is 4. The van der Waals surface area contributed by atoms with Crippen LogP contribution in [-0.4, -0.2) is 47.9 Å². The van der Waals surface area contributed by atoms with Crippen LogP contribution < -0.4 is 10.6 Å². The first-order valence-corrected chi connectivity index (χ1v) is 12.5.